The predicted octanol–water partition coefficient (Wildman–Crippen LogP) is 2.25. The lowest BCUT2D eigenvalue weighted by molar-refractivity contribution is 0.177. The normalized spacial score (nSPS) is 20.1. The number of rotatable bonds is 5. The molecule has 2 atom stereocenters. The molecule has 5 heteroatoms. The molecule has 2 heterocycles. The summed E-state index contributed by atoms with van der Waals surface area (Å²) < 4.78 is 11.1. The third-order valence-corrected chi connectivity index (χ3v) is 3.73. The number of ether oxygens (including phenoxy) is 1. The maximum absolute atomic E-state index is 5.67. The molecule has 1 aliphatic heterocycles. The van der Waals surface area contributed by atoms with Gasteiger partial charge in [-0.15, -0.1) is 10.2 Å². The zero-order valence-electron chi connectivity index (χ0n) is 11.6. The molecule has 1 saturated heterocycles. The molecule has 0 radical (unpaired) electrons. The van der Waals surface area contributed by atoms with E-state index in [0.717, 1.165) is 25.2 Å². The fourth-order valence-electron chi connectivity index (χ4n) is 2.38. The largest absolute Gasteiger partial charge is 0.419 e. The fourth-order valence-corrected chi connectivity index (χ4v) is 2.38. The molecule has 2 unspecified atom stereocenters. The van der Waals surface area contributed by atoms with Gasteiger partial charge in [0.15, 0.2) is 0 Å². The Bertz CT molecular complexity index is 535. The highest BCUT2D eigenvalue weighted by Gasteiger charge is 2.22. The summed E-state index contributed by atoms with van der Waals surface area (Å²) in [6.07, 6.45) is 1.12. The average molecular weight is 273 g/mol. The van der Waals surface area contributed by atoms with Crippen LogP contribution in [0.4, 0.5) is 0 Å². The minimum absolute atomic E-state index is 0.393. The lowest BCUT2D eigenvalue weighted by Gasteiger charge is -2.17. The fraction of sp³-hybridized carbons (Fsp3) is 0.467. The molecule has 20 heavy (non-hydrogen) atoms. The van der Waals surface area contributed by atoms with E-state index in [2.05, 4.69) is 22.4 Å². The van der Waals surface area contributed by atoms with Crippen molar-refractivity contribution in [2.24, 2.45) is 5.92 Å². The Morgan fingerprint density at radius 3 is 2.90 bits per heavy atom. The van der Waals surface area contributed by atoms with Gasteiger partial charge >= 0.3 is 0 Å². The number of hydrogen-bond acceptors (Lipinski definition) is 5. The maximum Gasteiger partial charge on any atom is 0.247 e. The summed E-state index contributed by atoms with van der Waals surface area (Å²) in [4.78, 5) is 0. The van der Waals surface area contributed by atoms with Crippen molar-refractivity contribution in [2.45, 2.75) is 25.9 Å². The van der Waals surface area contributed by atoms with E-state index in [-0.39, 0.29) is 0 Å². The monoisotopic (exact) mass is 273 g/mol. The molecule has 0 saturated carbocycles. The van der Waals surface area contributed by atoms with Gasteiger partial charge in [-0.1, -0.05) is 18.2 Å². The summed E-state index contributed by atoms with van der Waals surface area (Å²) in [6.45, 7) is 4.48. The van der Waals surface area contributed by atoms with E-state index in [9.17, 15) is 0 Å². The first-order valence-corrected chi connectivity index (χ1v) is 7.02. The molecular weight excluding hydrogens is 254 g/mol. The molecule has 0 bridgehead atoms. The second kappa shape index (κ2) is 6.15. The molecule has 1 aliphatic rings. The van der Waals surface area contributed by atoms with Crippen LogP contribution in [0.5, 0.6) is 0 Å². The molecule has 0 aliphatic carbocycles. The molecule has 106 valence electrons. The smallest absolute Gasteiger partial charge is 0.247 e. The minimum Gasteiger partial charge on any atom is -0.419 e. The topological polar surface area (TPSA) is 60.2 Å². The second-order valence-electron chi connectivity index (χ2n) is 5.16. The van der Waals surface area contributed by atoms with Crippen molar-refractivity contribution in [2.75, 3.05) is 13.2 Å². The van der Waals surface area contributed by atoms with Gasteiger partial charge in [-0.25, -0.2) is 0 Å². The molecule has 2 aromatic rings. The van der Waals surface area contributed by atoms with Crippen LogP contribution < -0.4 is 5.32 Å². The number of benzene rings is 1. The van der Waals surface area contributed by atoms with Crippen LogP contribution in [0.2, 0.25) is 0 Å². The van der Waals surface area contributed by atoms with Crippen molar-refractivity contribution in [3.8, 4) is 11.5 Å². The highest BCUT2D eigenvalue weighted by Crippen LogP contribution is 2.18. The van der Waals surface area contributed by atoms with Crippen LogP contribution in [-0.4, -0.2) is 29.5 Å². The van der Waals surface area contributed by atoms with E-state index in [0.29, 0.717) is 30.3 Å². The molecule has 5 nitrogen and oxygen atoms in total. The summed E-state index contributed by atoms with van der Waals surface area (Å²) in [5.74, 6) is 1.76. The Balaban J connectivity index is 1.57. The standard InChI is InChI=1S/C15H19N3O2/c1-11(13-7-8-19-10-13)16-9-14-17-18-15(20-14)12-5-3-2-4-6-12/h2-6,11,13,16H,7-10H2,1H3. The number of hydrogen-bond donors (Lipinski definition) is 1. The van der Waals surface area contributed by atoms with Crippen molar-refractivity contribution >= 4 is 0 Å². The lowest BCUT2D eigenvalue weighted by Crippen LogP contribution is -2.33. The van der Waals surface area contributed by atoms with E-state index < -0.39 is 0 Å². The van der Waals surface area contributed by atoms with Crippen LogP contribution in [0.3, 0.4) is 0 Å². The predicted molar refractivity (Wildman–Crippen MR) is 75.0 cm³/mol. The van der Waals surface area contributed by atoms with Crippen LogP contribution in [0.25, 0.3) is 11.5 Å². The first-order valence-electron chi connectivity index (χ1n) is 7.02. The molecule has 0 amide bonds. The molecule has 3 rings (SSSR count). The van der Waals surface area contributed by atoms with Gasteiger partial charge in [0.1, 0.15) is 0 Å². The summed E-state index contributed by atoms with van der Waals surface area (Å²) in [5, 5.41) is 11.6. The van der Waals surface area contributed by atoms with Crippen molar-refractivity contribution in [3.63, 3.8) is 0 Å². The SMILES string of the molecule is CC(NCc1nnc(-c2ccccc2)o1)C1CCOC1. The molecular formula is C15H19N3O2. The van der Waals surface area contributed by atoms with E-state index in [4.69, 9.17) is 9.15 Å². The second-order valence-corrected chi connectivity index (χ2v) is 5.16. The van der Waals surface area contributed by atoms with E-state index in [1.165, 1.54) is 0 Å². The molecule has 0 spiro atoms. The average Bonchev–Trinajstić information content (AvgIpc) is 3.17. The summed E-state index contributed by atoms with van der Waals surface area (Å²) in [7, 11) is 0. The Kier molecular flexibility index (Phi) is 4.08. The number of nitrogens with one attached hydrogen (secondary N) is 1. The van der Waals surface area contributed by atoms with Gasteiger partial charge in [-0.2, -0.15) is 0 Å². The van der Waals surface area contributed by atoms with Crippen molar-refractivity contribution in [3.05, 3.63) is 36.2 Å². The molecule has 1 aromatic heterocycles. The van der Waals surface area contributed by atoms with Crippen LogP contribution in [0.1, 0.15) is 19.2 Å². The Hall–Kier alpha value is -1.72. The molecule has 1 fully saturated rings. The Morgan fingerprint density at radius 1 is 1.30 bits per heavy atom. The zero-order chi connectivity index (χ0) is 13.8. The number of nitrogens with zero attached hydrogens (tertiary/aromatic N) is 2. The first kappa shape index (κ1) is 13.3. The molecule has 1 aromatic carbocycles. The zero-order valence-corrected chi connectivity index (χ0v) is 11.6. The van der Waals surface area contributed by atoms with Crippen LogP contribution in [0.15, 0.2) is 34.7 Å². The van der Waals surface area contributed by atoms with Crippen LogP contribution in [-0.2, 0) is 11.3 Å². The van der Waals surface area contributed by atoms with Gasteiger partial charge in [-0.3, -0.25) is 0 Å². The van der Waals surface area contributed by atoms with Gasteiger partial charge < -0.3 is 14.5 Å². The maximum atomic E-state index is 5.67. The third-order valence-electron chi connectivity index (χ3n) is 3.73. The van der Waals surface area contributed by atoms with E-state index in [1.807, 2.05) is 30.3 Å². The van der Waals surface area contributed by atoms with Crippen molar-refractivity contribution in [1.29, 1.82) is 0 Å². The Morgan fingerprint density at radius 2 is 2.15 bits per heavy atom. The number of aromatic nitrogens is 2. The van der Waals surface area contributed by atoms with Crippen LogP contribution >= 0.6 is 0 Å². The van der Waals surface area contributed by atoms with E-state index in [1.54, 1.807) is 0 Å². The first-order chi connectivity index (χ1) is 9.83. The Labute approximate surface area is 118 Å². The lowest BCUT2D eigenvalue weighted by atomic mass is 10.0. The van der Waals surface area contributed by atoms with E-state index >= 15 is 0 Å². The molecule has 1 N–H and O–H groups in total. The van der Waals surface area contributed by atoms with Gasteiger partial charge in [0.25, 0.3) is 0 Å². The van der Waals surface area contributed by atoms with Gasteiger partial charge in [0.2, 0.25) is 11.8 Å². The highest BCUT2D eigenvalue weighted by atomic mass is 16.5. The quantitative estimate of drug-likeness (QED) is 0.905. The minimum atomic E-state index is 0.393. The third kappa shape index (κ3) is 3.05. The van der Waals surface area contributed by atoms with Gasteiger partial charge in [0.05, 0.1) is 13.2 Å². The van der Waals surface area contributed by atoms with Gasteiger partial charge in [0, 0.05) is 18.2 Å². The van der Waals surface area contributed by atoms with Crippen molar-refractivity contribution in [1.82, 2.24) is 15.5 Å². The summed E-state index contributed by atoms with van der Waals surface area (Å²) in [6, 6.07) is 10.2. The summed E-state index contributed by atoms with van der Waals surface area (Å²) in [5.41, 5.74) is 0.948. The van der Waals surface area contributed by atoms with Crippen molar-refractivity contribution < 1.29 is 9.15 Å². The van der Waals surface area contributed by atoms with Crippen LogP contribution in [0, 0.1) is 5.92 Å². The highest BCUT2D eigenvalue weighted by molar-refractivity contribution is 5.51. The van der Waals surface area contributed by atoms with Gasteiger partial charge in [-0.05, 0) is 31.4 Å². The summed E-state index contributed by atoms with van der Waals surface area (Å²) >= 11 is 0.